The van der Waals surface area contributed by atoms with E-state index in [0.717, 1.165) is 19.3 Å². The van der Waals surface area contributed by atoms with Crippen LogP contribution in [0.25, 0.3) is 0 Å². The first-order valence-corrected chi connectivity index (χ1v) is 10.1. The van der Waals surface area contributed by atoms with Gasteiger partial charge in [-0.25, -0.2) is 8.42 Å². The number of nitrogens with zero attached hydrogens (tertiary/aromatic N) is 1. The van der Waals surface area contributed by atoms with E-state index in [4.69, 9.17) is 5.73 Å². The summed E-state index contributed by atoms with van der Waals surface area (Å²) >= 11 is 0. The minimum atomic E-state index is -3.57. The molecule has 1 aliphatic heterocycles. The van der Waals surface area contributed by atoms with Crippen molar-refractivity contribution in [3.8, 4) is 0 Å². The molecule has 6 nitrogen and oxygen atoms in total. The van der Waals surface area contributed by atoms with Crippen LogP contribution in [0.3, 0.4) is 0 Å². The van der Waals surface area contributed by atoms with E-state index >= 15 is 0 Å². The number of hydrogen-bond donors (Lipinski definition) is 2. The van der Waals surface area contributed by atoms with Crippen LogP contribution >= 0.6 is 0 Å². The van der Waals surface area contributed by atoms with Crippen molar-refractivity contribution in [1.29, 1.82) is 0 Å². The average molecular weight is 373 g/mol. The highest BCUT2D eigenvalue weighted by Gasteiger charge is 2.27. The monoisotopic (exact) mass is 373 g/mol. The summed E-state index contributed by atoms with van der Waals surface area (Å²) in [5.74, 6) is -0.367. The summed E-state index contributed by atoms with van der Waals surface area (Å²) in [4.78, 5) is 12.7. The molecule has 1 fully saturated rings. The molecule has 0 aromatic heterocycles. The number of carbonyl (C=O) groups is 1. The standard InChI is InChI=1S/C19H23N3O3S/c1-14-9-10-15(21-19(23)16-7-3-4-8-17(16)20)13-18(14)26(24,25)22-11-5-2-6-12-22/h3-4,7-10,13H,2,5-6,11-12,20H2,1H3,(H,21,23). The van der Waals surface area contributed by atoms with Gasteiger partial charge in [0.2, 0.25) is 10.0 Å². The van der Waals surface area contributed by atoms with Crippen LogP contribution in [0.2, 0.25) is 0 Å². The molecule has 2 aromatic rings. The molecule has 0 atom stereocenters. The van der Waals surface area contributed by atoms with Crippen molar-refractivity contribution in [2.24, 2.45) is 0 Å². The minimum Gasteiger partial charge on any atom is -0.398 e. The third kappa shape index (κ3) is 3.73. The molecular formula is C19H23N3O3S. The van der Waals surface area contributed by atoms with E-state index in [0.29, 0.717) is 35.6 Å². The van der Waals surface area contributed by atoms with Crippen molar-refractivity contribution in [2.75, 3.05) is 24.1 Å². The molecule has 0 saturated carbocycles. The van der Waals surface area contributed by atoms with Crippen LogP contribution in [-0.2, 0) is 10.0 Å². The normalized spacial score (nSPS) is 15.6. The number of para-hydroxylation sites is 1. The van der Waals surface area contributed by atoms with Crippen molar-refractivity contribution < 1.29 is 13.2 Å². The number of nitrogen functional groups attached to an aromatic ring is 1. The van der Waals surface area contributed by atoms with Crippen LogP contribution < -0.4 is 11.1 Å². The Bertz CT molecular complexity index is 919. The summed E-state index contributed by atoms with van der Waals surface area (Å²) in [6, 6.07) is 11.7. The second-order valence-electron chi connectivity index (χ2n) is 6.49. The molecule has 3 N–H and O–H groups in total. The fourth-order valence-electron chi connectivity index (χ4n) is 3.10. The molecule has 1 heterocycles. The first-order chi connectivity index (χ1) is 12.4. The first kappa shape index (κ1) is 18.4. The Kier molecular flexibility index (Phi) is 5.29. The number of amides is 1. The Morgan fingerprint density at radius 3 is 2.46 bits per heavy atom. The fourth-order valence-corrected chi connectivity index (χ4v) is 4.87. The van der Waals surface area contributed by atoms with Gasteiger partial charge in [0.1, 0.15) is 0 Å². The maximum atomic E-state index is 13.0. The number of piperidine rings is 1. The summed E-state index contributed by atoms with van der Waals surface area (Å²) in [5.41, 5.74) is 7.65. The molecule has 1 saturated heterocycles. The lowest BCUT2D eigenvalue weighted by atomic mass is 10.1. The van der Waals surface area contributed by atoms with Gasteiger partial charge in [0.05, 0.1) is 10.5 Å². The van der Waals surface area contributed by atoms with Gasteiger partial charge in [-0.2, -0.15) is 4.31 Å². The van der Waals surface area contributed by atoms with Gasteiger partial charge in [-0.3, -0.25) is 4.79 Å². The highest BCUT2D eigenvalue weighted by Crippen LogP contribution is 2.26. The molecule has 7 heteroatoms. The Balaban J connectivity index is 1.88. The van der Waals surface area contributed by atoms with E-state index in [2.05, 4.69) is 5.32 Å². The molecule has 2 aromatic carbocycles. The fraction of sp³-hybridized carbons (Fsp3) is 0.316. The van der Waals surface area contributed by atoms with Gasteiger partial charge in [-0.05, 0) is 49.6 Å². The quantitative estimate of drug-likeness (QED) is 0.806. The first-order valence-electron chi connectivity index (χ1n) is 8.66. The van der Waals surface area contributed by atoms with Crippen LogP contribution in [0.4, 0.5) is 11.4 Å². The number of aryl methyl sites for hydroxylation is 1. The van der Waals surface area contributed by atoms with Crippen molar-refractivity contribution in [2.45, 2.75) is 31.1 Å². The second kappa shape index (κ2) is 7.47. The number of carbonyl (C=O) groups excluding carboxylic acids is 1. The maximum Gasteiger partial charge on any atom is 0.257 e. The maximum absolute atomic E-state index is 13.0. The Morgan fingerprint density at radius 1 is 1.08 bits per heavy atom. The third-order valence-corrected chi connectivity index (χ3v) is 6.62. The van der Waals surface area contributed by atoms with Crippen LogP contribution in [0.5, 0.6) is 0 Å². The zero-order valence-corrected chi connectivity index (χ0v) is 15.6. The Labute approximate surface area is 154 Å². The third-order valence-electron chi connectivity index (χ3n) is 4.58. The molecule has 3 rings (SSSR count). The number of rotatable bonds is 4. The zero-order valence-electron chi connectivity index (χ0n) is 14.7. The van der Waals surface area contributed by atoms with Gasteiger partial charge in [0.15, 0.2) is 0 Å². The molecule has 0 unspecified atom stereocenters. The Morgan fingerprint density at radius 2 is 1.77 bits per heavy atom. The van der Waals surface area contributed by atoms with Gasteiger partial charge >= 0.3 is 0 Å². The van der Waals surface area contributed by atoms with Gasteiger partial charge in [-0.1, -0.05) is 24.6 Å². The van der Waals surface area contributed by atoms with Gasteiger partial charge in [0, 0.05) is 24.5 Å². The van der Waals surface area contributed by atoms with Crippen molar-refractivity contribution in [3.05, 3.63) is 53.6 Å². The minimum absolute atomic E-state index is 0.234. The molecule has 138 valence electrons. The molecular weight excluding hydrogens is 350 g/mol. The summed E-state index contributed by atoms with van der Waals surface area (Å²) < 4.78 is 27.5. The summed E-state index contributed by atoms with van der Waals surface area (Å²) in [7, 11) is -3.57. The van der Waals surface area contributed by atoms with Crippen molar-refractivity contribution in [3.63, 3.8) is 0 Å². The summed E-state index contributed by atoms with van der Waals surface area (Å²) in [6.45, 7) is 2.84. The topological polar surface area (TPSA) is 92.5 Å². The molecule has 0 aliphatic carbocycles. The molecule has 26 heavy (non-hydrogen) atoms. The predicted octanol–water partition coefficient (Wildman–Crippen LogP) is 3.00. The van der Waals surface area contributed by atoms with Crippen LogP contribution in [-0.4, -0.2) is 31.7 Å². The van der Waals surface area contributed by atoms with Crippen LogP contribution in [0, 0.1) is 6.92 Å². The molecule has 1 aliphatic rings. The van der Waals surface area contributed by atoms with E-state index < -0.39 is 10.0 Å². The van der Waals surface area contributed by atoms with Gasteiger partial charge in [0.25, 0.3) is 5.91 Å². The number of nitrogens with one attached hydrogen (secondary N) is 1. The van der Waals surface area contributed by atoms with E-state index in [1.807, 2.05) is 0 Å². The molecule has 0 bridgehead atoms. The SMILES string of the molecule is Cc1ccc(NC(=O)c2ccccc2N)cc1S(=O)(=O)N1CCCCC1. The molecule has 0 radical (unpaired) electrons. The zero-order chi connectivity index (χ0) is 18.7. The number of benzene rings is 2. The van der Waals surface area contributed by atoms with E-state index in [1.165, 1.54) is 10.4 Å². The van der Waals surface area contributed by atoms with Gasteiger partial charge in [-0.15, -0.1) is 0 Å². The average Bonchev–Trinajstić information content (AvgIpc) is 2.64. The number of hydrogen-bond acceptors (Lipinski definition) is 4. The number of nitrogens with two attached hydrogens (primary N) is 1. The van der Waals surface area contributed by atoms with Crippen molar-refractivity contribution in [1.82, 2.24) is 4.31 Å². The van der Waals surface area contributed by atoms with Crippen LogP contribution in [0.1, 0.15) is 35.2 Å². The van der Waals surface area contributed by atoms with E-state index in [1.54, 1.807) is 43.3 Å². The lowest BCUT2D eigenvalue weighted by molar-refractivity contribution is 0.102. The Hall–Kier alpha value is -2.38. The van der Waals surface area contributed by atoms with E-state index in [9.17, 15) is 13.2 Å². The second-order valence-corrected chi connectivity index (χ2v) is 8.39. The van der Waals surface area contributed by atoms with Crippen molar-refractivity contribution >= 4 is 27.3 Å². The predicted molar refractivity (Wildman–Crippen MR) is 103 cm³/mol. The summed E-state index contributed by atoms with van der Waals surface area (Å²) in [6.07, 6.45) is 2.81. The number of anilines is 2. The largest absolute Gasteiger partial charge is 0.398 e. The smallest absolute Gasteiger partial charge is 0.257 e. The van der Waals surface area contributed by atoms with Crippen LogP contribution in [0.15, 0.2) is 47.4 Å². The molecule has 0 spiro atoms. The highest BCUT2D eigenvalue weighted by atomic mass is 32.2. The van der Waals surface area contributed by atoms with Gasteiger partial charge < -0.3 is 11.1 Å². The molecule has 1 amide bonds. The lowest BCUT2D eigenvalue weighted by Crippen LogP contribution is -2.36. The number of sulfonamides is 1. The summed E-state index contributed by atoms with van der Waals surface area (Å²) in [5, 5.41) is 2.74. The highest BCUT2D eigenvalue weighted by molar-refractivity contribution is 7.89. The lowest BCUT2D eigenvalue weighted by Gasteiger charge is -2.26. The van der Waals surface area contributed by atoms with E-state index in [-0.39, 0.29) is 10.8 Å².